The van der Waals surface area contributed by atoms with Crippen molar-refractivity contribution in [1.82, 2.24) is 5.32 Å². The van der Waals surface area contributed by atoms with Crippen LogP contribution in [0.2, 0.25) is 0 Å². The molecule has 1 fully saturated rings. The Morgan fingerprint density at radius 2 is 0.967 bits per heavy atom. The van der Waals surface area contributed by atoms with Crippen LogP contribution in [0.25, 0.3) is 0 Å². The van der Waals surface area contributed by atoms with Crippen molar-refractivity contribution in [3.63, 3.8) is 0 Å². The Balaban J connectivity index is 2.55. The van der Waals surface area contributed by atoms with Gasteiger partial charge in [-0.25, -0.2) is 4.57 Å². The lowest BCUT2D eigenvalue weighted by Crippen LogP contribution is -2.64. The Bertz CT molecular complexity index is 1130. The number of phosphoric acid groups is 1. The molecular weight excluding hydrogens is 789 g/mol. The number of allylic oxidation sites excluding steroid dienone is 3. The smallest absolute Gasteiger partial charge is 0.393 e. The maximum atomic E-state index is 13.0. The summed E-state index contributed by atoms with van der Waals surface area (Å²) in [6.07, 6.45) is 25.5. The molecule has 1 aliphatic rings. The average Bonchev–Trinajstić information content (AvgIpc) is 3.22. The lowest BCUT2D eigenvalue weighted by Gasteiger charge is -2.41. The summed E-state index contributed by atoms with van der Waals surface area (Å²) in [5.41, 5.74) is 0. The molecule has 14 heteroatoms. The fourth-order valence-corrected chi connectivity index (χ4v) is 8.55. The maximum absolute atomic E-state index is 13.0. The topological polar surface area (TPSA) is 226 Å². The first kappa shape index (κ1) is 56.8. The van der Waals surface area contributed by atoms with Crippen LogP contribution >= 0.6 is 7.82 Å². The number of unbranched alkanes of at least 4 members (excludes halogenated alkanes) is 24. The number of aliphatic hydroxyl groups is 7. The molecular formula is C46H88NO12P. The summed E-state index contributed by atoms with van der Waals surface area (Å²) in [5.74, 6) is -0.597. The van der Waals surface area contributed by atoms with Crippen LogP contribution < -0.4 is 5.32 Å². The molecule has 8 atom stereocenters. The van der Waals surface area contributed by atoms with Crippen LogP contribution in [0, 0.1) is 0 Å². The van der Waals surface area contributed by atoms with E-state index in [1.807, 2.05) is 0 Å². The summed E-state index contributed by atoms with van der Waals surface area (Å²) in [6.45, 7) is 3.73. The molecule has 0 spiro atoms. The zero-order valence-electron chi connectivity index (χ0n) is 37.4. The summed E-state index contributed by atoms with van der Waals surface area (Å²) in [7, 11) is -5.14. The Hall–Kier alpha value is -1.22. The van der Waals surface area contributed by atoms with Crippen LogP contribution in [-0.2, 0) is 18.4 Å². The van der Waals surface area contributed by atoms with Gasteiger partial charge in [0.05, 0.1) is 31.3 Å². The van der Waals surface area contributed by atoms with Crippen LogP contribution in [0.4, 0.5) is 0 Å². The van der Waals surface area contributed by atoms with Crippen LogP contribution in [0.5, 0.6) is 0 Å². The third-order valence-electron chi connectivity index (χ3n) is 11.5. The predicted molar refractivity (Wildman–Crippen MR) is 238 cm³/mol. The molecule has 0 heterocycles. The molecule has 8 unspecified atom stereocenters. The van der Waals surface area contributed by atoms with Crippen molar-refractivity contribution in [2.45, 2.75) is 255 Å². The second-order valence-corrected chi connectivity index (χ2v) is 18.5. The molecule has 354 valence electrons. The third kappa shape index (κ3) is 27.8. The third-order valence-corrected chi connectivity index (χ3v) is 12.5. The number of nitrogens with one attached hydrogen (secondary N) is 1. The van der Waals surface area contributed by atoms with E-state index in [1.54, 1.807) is 6.08 Å². The van der Waals surface area contributed by atoms with E-state index in [4.69, 9.17) is 9.05 Å². The number of aliphatic hydroxyl groups excluding tert-OH is 7. The highest BCUT2D eigenvalue weighted by atomic mass is 31.2. The molecule has 13 nitrogen and oxygen atoms in total. The van der Waals surface area contributed by atoms with Gasteiger partial charge in [0.1, 0.15) is 36.6 Å². The summed E-state index contributed by atoms with van der Waals surface area (Å²) in [5, 5.41) is 74.5. The summed E-state index contributed by atoms with van der Waals surface area (Å²) < 4.78 is 22.9. The molecule has 0 bridgehead atoms. The zero-order chi connectivity index (χ0) is 44.4. The quantitative estimate of drug-likeness (QED) is 0.0163. The lowest BCUT2D eigenvalue weighted by atomic mass is 9.85. The summed E-state index contributed by atoms with van der Waals surface area (Å²) >= 11 is 0. The van der Waals surface area contributed by atoms with Crippen molar-refractivity contribution in [1.29, 1.82) is 0 Å². The highest BCUT2D eigenvalue weighted by Gasteiger charge is 2.51. The molecule has 0 aromatic heterocycles. The Kier molecular flexibility index (Phi) is 34.2. The molecule has 0 aliphatic heterocycles. The van der Waals surface area contributed by atoms with Gasteiger partial charge in [-0.15, -0.1) is 0 Å². The van der Waals surface area contributed by atoms with Gasteiger partial charge < -0.3 is 46.0 Å². The molecule has 0 aromatic carbocycles. The van der Waals surface area contributed by atoms with Crippen molar-refractivity contribution in [2.24, 2.45) is 0 Å². The SMILES string of the molecule is CCCCCCCC/C=C\CCCCCCCC(O)CC(=O)NC(COP(=O)(O)OC1C(O)C(O)C(O)C(O)C1O)C(O)/C=C/CCCCCCCCCCCCCCC. The van der Waals surface area contributed by atoms with E-state index in [9.17, 15) is 50.0 Å². The molecule has 0 aromatic rings. The normalized spacial score (nSPS) is 23.6. The zero-order valence-corrected chi connectivity index (χ0v) is 38.3. The van der Waals surface area contributed by atoms with E-state index in [2.05, 4.69) is 31.3 Å². The van der Waals surface area contributed by atoms with Crippen LogP contribution in [0.3, 0.4) is 0 Å². The minimum absolute atomic E-state index is 0.249. The summed E-state index contributed by atoms with van der Waals surface area (Å²) in [6, 6.07) is -1.24. The number of hydrogen-bond donors (Lipinski definition) is 9. The second-order valence-electron chi connectivity index (χ2n) is 17.1. The standard InChI is InChI=1S/C46H88NO12P/c1-3-5-7-9-11-13-15-17-19-21-23-25-27-29-31-33-37(48)35-40(50)47-38(36-58-60(56,57)59-46-44(54)42(52)41(51)43(53)45(46)55)39(49)34-32-30-28-26-24-22-20-18-16-14-12-10-8-6-4-2/h17,19,32,34,37-39,41-46,48-49,51-55H,3-16,18,20-31,33,35-36H2,1-2H3,(H,47,50)(H,56,57)/b19-17-,34-32+. The Morgan fingerprint density at radius 1 is 0.583 bits per heavy atom. The second kappa shape index (κ2) is 36.2. The maximum Gasteiger partial charge on any atom is 0.472 e. The highest BCUT2D eigenvalue weighted by molar-refractivity contribution is 7.47. The average molecular weight is 878 g/mol. The number of rotatable bonds is 39. The van der Waals surface area contributed by atoms with Crippen molar-refractivity contribution in [2.75, 3.05) is 6.61 Å². The van der Waals surface area contributed by atoms with Crippen LogP contribution in [0.15, 0.2) is 24.3 Å². The predicted octanol–water partition coefficient (Wildman–Crippen LogP) is 7.98. The molecule has 1 rings (SSSR count). The van der Waals surface area contributed by atoms with E-state index < -0.39 is 75.2 Å². The number of carbonyl (C=O) groups excluding carboxylic acids is 1. The Morgan fingerprint density at radius 3 is 1.42 bits per heavy atom. The van der Waals surface area contributed by atoms with Crippen molar-refractivity contribution < 1.29 is 59.0 Å². The largest absolute Gasteiger partial charge is 0.472 e. The van der Waals surface area contributed by atoms with Gasteiger partial charge in [-0.05, 0) is 44.9 Å². The van der Waals surface area contributed by atoms with E-state index >= 15 is 0 Å². The molecule has 60 heavy (non-hydrogen) atoms. The van der Waals surface area contributed by atoms with Crippen molar-refractivity contribution in [3.05, 3.63) is 24.3 Å². The van der Waals surface area contributed by atoms with Crippen molar-refractivity contribution in [3.8, 4) is 0 Å². The highest BCUT2D eigenvalue weighted by Crippen LogP contribution is 2.47. The van der Waals surface area contributed by atoms with E-state index in [0.29, 0.717) is 12.8 Å². The minimum Gasteiger partial charge on any atom is -0.393 e. The van der Waals surface area contributed by atoms with Gasteiger partial charge >= 0.3 is 7.82 Å². The minimum atomic E-state index is -5.14. The first-order chi connectivity index (χ1) is 28.8. The molecule has 1 saturated carbocycles. The molecule has 0 saturated heterocycles. The van der Waals surface area contributed by atoms with Crippen molar-refractivity contribution >= 4 is 13.7 Å². The Labute approximate surface area is 363 Å². The first-order valence-corrected chi connectivity index (χ1v) is 25.4. The molecule has 1 amide bonds. The number of carbonyl (C=O) groups is 1. The van der Waals surface area contributed by atoms with E-state index in [1.165, 1.54) is 109 Å². The van der Waals surface area contributed by atoms with Gasteiger partial charge in [0.25, 0.3) is 0 Å². The fraction of sp³-hybridized carbons (Fsp3) is 0.891. The number of amides is 1. The van der Waals surface area contributed by atoms with E-state index in [-0.39, 0.29) is 6.42 Å². The van der Waals surface area contributed by atoms with Crippen LogP contribution in [0.1, 0.15) is 200 Å². The van der Waals surface area contributed by atoms with Gasteiger partial charge in [-0.2, -0.15) is 0 Å². The van der Waals surface area contributed by atoms with Crippen LogP contribution in [-0.4, -0.2) is 108 Å². The number of hydrogen-bond acceptors (Lipinski definition) is 11. The first-order valence-electron chi connectivity index (χ1n) is 23.9. The summed E-state index contributed by atoms with van der Waals surface area (Å²) in [4.78, 5) is 23.4. The van der Waals surface area contributed by atoms with Gasteiger partial charge in [0, 0.05) is 0 Å². The van der Waals surface area contributed by atoms with Gasteiger partial charge in [0.2, 0.25) is 5.91 Å². The van der Waals surface area contributed by atoms with Gasteiger partial charge in [-0.3, -0.25) is 13.8 Å². The van der Waals surface area contributed by atoms with Gasteiger partial charge in [-0.1, -0.05) is 173 Å². The fourth-order valence-electron chi connectivity index (χ4n) is 7.59. The van der Waals surface area contributed by atoms with E-state index in [0.717, 1.165) is 64.2 Å². The monoisotopic (exact) mass is 878 g/mol. The van der Waals surface area contributed by atoms with Gasteiger partial charge in [0.15, 0.2) is 0 Å². The molecule has 0 radical (unpaired) electrons. The lowest BCUT2D eigenvalue weighted by molar-refractivity contribution is -0.220. The molecule has 9 N–H and O–H groups in total. The molecule has 1 aliphatic carbocycles. The number of phosphoric ester groups is 1.